The van der Waals surface area contributed by atoms with E-state index in [1.807, 2.05) is 42.6 Å². The van der Waals surface area contributed by atoms with Crippen LogP contribution in [0.1, 0.15) is 5.56 Å². The Labute approximate surface area is 139 Å². The zero-order chi connectivity index (χ0) is 16.4. The van der Waals surface area contributed by atoms with Gasteiger partial charge >= 0.3 is 0 Å². The molecule has 6 heteroatoms. The second-order valence-corrected chi connectivity index (χ2v) is 5.94. The number of benzene rings is 1. The molecule has 0 bridgehead atoms. The molecular weight excluding hydrogens is 302 g/mol. The number of fused-ring (bicyclic) bond motifs is 1. The van der Waals surface area contributed by atoms with Gasteiger partial charge in [-0.25, -0.2) is 9.97 Å². The molecule has 1 aromatic carbocycles. The average molecular weight is 321 g/mol. The molecule has 3 aromatic rings. The summed E-state index contributed by atoms with van der Waals surface area (Å²) in [6.45, 7) is 4.18. The van der Waals surface area contributed by atoms with Crippen molar-refractivity contribution in [2.75, 3.05) is 31.1 Å². The Bertz CT molecular complexity index is 900. The molecule has 24 heavy (non-hydrogen) atoms. The third-order valence-electron chi connectivity index (χ3n) is 4.30. The van der Waals surface area contributed by atoms with Crippen molar-refractivity contribution in [1.82, 2.24) is 19.9 Å². The molecule has 0 atom stereocenters. The van der Waals surface area contributed by atoms with E-state index in [-0.39, 0.29) is 5.56 Å². The van der Waals surface area contributed by atoms with Gasteiger partial charge in [-0.15, -0.1) is 0 Å². The van der Waals surface area contributed by atoms with Gasteiger partial charge in [-0.05, 0) is 11.6 Å². The van der Waals surface area contributed by atoms with Gasteiger partial charge in [0.05, 0.1) is 17.4 Å². The lowest BCUT2D eigenvalue weighted by Crippen LogP contribution is -2.44. The molecule has 4 rings (SSSR count). The van der Waals surface area contributed by atoms with Crippen LogP contribution in [-0.2, 0) is 6.54 Å². The van der Waals surface area contributed by atoms with Crippen LogP contribution in [0.2, 0.25) is 0 Å². The van der Waals surface area contributed by atoms with Crippen LogP contribution in [0, 0.1) is 0 Å². The summed E-state index contributed by atoms with van der Waals surface area (Å²) in [5, 5.41) is 3.87. The molecule has 0 amide bonds. The zero-order valence-electron chi connectivity index (χ0n) is 13.4. The van der Waals surface area contributed by atoms with Crippen molar-refractivity contribution in [2.45, 2.75) is 6.54 Å². The van der Waals surface area contributed by atoms with Crippen molar-refractivity contribution in [1.29, 1.82) is 0 Å². The minimum absolute atomic E-state index is 0.0526. The molecular formula is C18H19N5O. The normalized spacial score (nSPS) is 14.9. The summed E-state index contributed by atoms with van der Waals surface area (Å²) in [6.07, 6.45) is 3.47. The van der Waals surface area contributed by atoms with Crippen molar-refractivity contribution in [3.63, 3.8) is 0 Å². The van der Waals surface area contributed by atoms with Gasteiger partial charge in [-0.2, -0.15) is 0 Å². The summed E-state index contributed by atoms with van der Waals surface area (Å²) in [4.78, 5) is 23.8. The number of hydrogen-bond donors (Lipinski definition) is 1. The first-order chi connectivity index (χ1) is 11.8. The largest absolute Gasteiger partial charge is 0.338 e. The molecule has 0 radical (unpaired) electrons. The summed E-state index contributed by atoms with van der Waals surface area (Å²) in [5.41, 5.74) is 1.74. The molecule has 0 aliphatic carbocycles. The molecule has 1 fully saturated rings. The number of pyridine rings is 1. The maximum absolute atomic E-state index is 12.7. The molecule has 1 N–H and O–H groups in total. The van der Waals surface area contributed by atoms with Gasteiger partial charge in [0, 0.05) is 38.6 Å². The Balaban J connectivity index is 1.68. The van der Waals surface area contributed by atoms with E-state index in [2.05, 4.69) is 20.2 Å². The van der Waals surface area contributed by atoms with Crippen LogP contribution in [0.3, 0.4) is 0 Å². The fourth-order valence-corrected chi connectivity index (χ4v) is 2.98. The number of hydrogen-bond acceptors (Lipinski definition) is 5. The Kier molecular flexibility index (Phi) is 3.96. The standard InChI is InChI=1S/C18H19N5O/c24-17-15-12-20-18(22-10-7-19-8-11-22)21-16(15)6-9-23(17)13-14-4-2-1-3-5-14/h1-6,9,12,19H,7-8,10-11,13H2. The maximum Gasteiger partial charge on any atom is 0.261 e. The first kappa shape index (κ1) is 14.8. The van der Waals surface area contributed by atoms with E-state index in [4.69, 9.17) is 0 Å². The van der Waals surface area contributed by atoms with Crippen molar-refractivity contribution < 1.29 is 0 Å². The Morgan fingerprint density at radius 3 is 2.67 bits per heavy atom. The molecule has 1 aliphatic heterocycles. The minimum Gasteiger partial charge on any atom is -0.338 e. The lowest BCUT2D eigenvalue weighted by Gasteiger charge is -2.27. The van der Waals surface area contributed by atoms with E-state index in [1.165, 1.54) is 0 Å². The van der Waals surface area contributed by atoms with Crippen LogP contribution in [0.15, 0.2) is 53.6 Å². The predicted molar refractivity (Wildman–Crippen MR) is 94.4 cm³/mol. The smallest absolute Gasteiger partial charge is 0.261 e. The predicted octanol–water partition coefficient (Wildman–Crippen LogP) is 1.25. The summed E-state index contributed by atoms with van der Waals surface area (Å²) < 4.78 is 1.70. The molecule has 2 aromatic heterocycles. The highest BCUT2D eigenvalue weighted by molar-refractivity contribution is 5.77. The third-order valence-corrected chi connectivity index (χ3v) is 4.30. The number of rotatable bonds is 3. The summed E-state index contributed by atoms with van der Waals surface area (Å²) in [7, 11) is 0. The lowest BCUT2D eigenvalue weighted by atomic mass is 10.2. The van der Waals surface area contributed by atoms with Gasteiger partial charge < -0.3 is 14.8 Å². The SMILES string of the molecule is O=c1c2cnc(N3CCNCC3)nc2ccn1Cc1ccccc1. The van der Waals surface area contributed by atoms with Crippen molar-refractivity contribution >= 4 is 16.9 Å². The Hall–Kier alpha value is -2.73. The quantitative estimate of drug-likeness (QED) is 0.787. The van der Waals surface area contributed by atoms with Gasteiger partial charge in [0.1, 0.15) is 0 Å². The number of nitrogens with one attached hydrogen (secondary N) is 1. The zero-order valence-corrected chi connectivity index (χ0v) is 13.4. The van der Waals surface area contributed by atoms with Gasteiger partial charge in [-0.3, -0.25) is 4.79 Å². The third kappa shape index (κ3) is 2.88. The second kappa shape index (κ2) is 6.41. The summed E-state index contributed by atoms with van der Waals surface area (Å²) in [6, 6.07) is 11.8. The van der Waals surface area contributed by atoms with Crippen LogP contribution in [0.4, 0.5) is 5.95 Å². The van der Waals surface area contributed by atoms with Gasteiger partial charge in [0.2, 0.25) is 5.95 Å². The fraction of sp³-hybridized carbons (Fsp3) is 0.278. The highest BCUT2D eigenvalue weighted by Gasteiger charge is 2.14. The lowest BCUT2D eigenvalue weighted by molar-refractivity contribution is 0.580. The van der Waals surface area contributed by atoms with Gasteiger partial charge in [0.25, 0.3) is 5.56 Å². The number of anilines is 1. The molecule has 6 nitrogen and oxygen atoms in total. The molecule has 0 saturated carbocycles. The average Bonchev–Trinajstić information content (AvgIpc) is 2.65. The van der Waals surface area contributed by atoms with Crippen LogP contribution >= 0.6 is 0 Å². The van der Waals surface area contributed by atoms with Crippen molar-refractivity contribution in [2.24, 2.45) is 0 Å². The Morgan fingerprint density at radius 2 is 1.88 bits per heavy atom. The van der Waals surface area contributed by atoms with Crippen LogP contribution in [0.25, 0.3) is 10.9 Å². The second-order valence-electron chi connectivity index (χ2n) is 5.94. The Morgan fingerprint density at radius 1 is 1.08 bits per heavy atom. The van der Waals surface area contributed by atoms with Crippen LogP contribution in [0.5, 0.6) is 0 Å². The molecule has 0 unspecified atom stereocenters. The summed E-state index contributed by atoms with van der Waals surface area (Å²) >= 11 is 0. The molecule has 3 heterocycles. The number of aromatic nitrogens is 3. The van der Waals surface area contributed by atoms with E-state index >= 15 is 0 Å². The molecule has 1 saturated heterocycles. The molecule has 122 valence electrons. The number of piperazine rings is 1. The maximum atomic E-state index is 12.7. The minimum atomic E-state index is -0.0526. The number of nitrogens with zero attached hydrogens (tertiary/aromatic N) is 4. The van der Waals surface area contributed by atoms with E-state index in [0.717, 1.165) is 31.7 Å². The van der Waals surface area contributed by atoms with E-state index < -0.39 is 0 Å². The monoisotopic (exact) mass is 321 g/mol. The fourth-order valence-electron chi connectivity index (χ4n) is 2.98. The van der Waals surface area contributed by atoms with E-state index in [9.17, 15) is 4.79 Å². The van der Waals surface area contributed by atoms with E-state index in [0.29, 0.717) is 23.4 Å². The first-order valence-corrected chi connectivity index (χ1v) is 8.17. The van der Waals surface area contributed by atoms with Crippen molar-refractivity contribution in [3.8, 4) is 0 Å². The molecule has 1 aliphatic rings. The summed E-state index contributed by atoms with van der Waals surface area (Å²) in [5.74, 6) is 0.698. The van der Waals surface area contributed by atoms with Crippen LogP contribution in [-0.4, -0.2) is 40.7 Å². The topological polar surface area (TPSA) is 63.1 Å². The van der Waals surface area contributed by atoms with Crippen molar-refractivity contribution in [3.05, 3.63) is 64.7 Å². The van der Waals surface area contributed by atoms with Gasteiger partial charge in [0.15, 0.2) is 0 Å². The highest BCUT2D eigenvalue weighted by Crippen LogP contribution is 2.13. The highest BCUT2D eigenvalue weighted by atomic mass is 16.1. The van der Waals surface area contributed by atoms with E-state index in [1.54, 1.807) is 10.8 Å². The van der Waals surface area contributed by atoms with Crippen LogP contribution < -0.4 is 15.8 Å². The molecule has 0 spiro atoms. The van der Waals surface area contributed by atoms with Gasteiger partial charge in [-0.1, -0.05) is 30.3 Å². The first-order valence-electron chi connectivity index (χ1n) is 8.17.